The minimum absolute atomic E-state index is 0.161. The third-order valence-electron chi connectivity index (χ3n) is 8.64. The molecule has 262 valence electrons. The summed E-state index contributed by atoms with van der Waals surface area (Å²) < 4.78 is 17.8. The number of unbranched alkanes of at least 4 members (excludes halogenated alkanes) is 23. The highest BCUT2D eigenvalue weighted by Crippen LogP contribution is 2.25. The van der Waals surface area contributed by atoms with E-state index < -0.39 is 0 Å². The van der Waals surface area contributed by atoms with Gasteiger partial charge in [-0.25, -0.2) is 0 Å². The summed E-state index contributed by atoms with van der Waals surface area (Å²) in [5, 5.41) is 0.807. The zero-order valence-corrected chi connectivity index (χ0v) is 31.2. The number of hydrogen-bond acceptors (Lipinski definition) is 4. The summed E-state index contributed by atoms with van der Waals surface area (Å²) in [6.45, 7) is 6.24. The molecule has 0 unspecified atom stereocenters. The van der Waals surface area contributed by atoms with Crippen LogP contribution in [0.5, 0.6) is 11.5 Å². The molecule has 0 amide bonds. The highest BCUT2D eigenvalue weighted by Gasteiger charge is 2.08. The first-order valence-electron chi connectivity index (χ1n) is 19.3. The molecule has 1 rings (SSSR count). The van der Waals surface area contributed by atoms with E-state index in [2.05, 4.69) is 29.8 Å². The van der Waals surface area contributed by atoms with E-state index in [1.54, 1.807) is 0 Å². The van der Waals surface area contributed by atoms with Crippen molar-refractivity contribution in [2.75, 3.05) is 18.5 Å². The van der Waals surface area contributed by atoms with E-state index in [0.29, 0.717) is 19.6 Å². The molecular formula is C40H71BrO4. The van der Waals surface area contributed by atoms with Crippen molar-refractivity contribution >= 4 is 21.9 Å². The minimum Gasteiger partial charge on any atom is -0.493 e. The van der Waals surface area contributed by atoms with Crippen LogP contribution in [0.15, 0.2) is 18.2 Å². The maximum Gasteiger partial charge on any atom is 0.306 e. The van der Waals surface area contributed by atoms with Crippen LogP contribution >= 0.6 is 15.9 Å². The first kappa shape index (κ1) is 41.8. The maximum absolute atomic E-state index is 12.1. The fourth-order valence-corrected chi connectivity index (χ4v) is 6.05. The molecule has 0 saturated heterocycles. The zero-order valence-electron chi connectivity index (χ0n) is 29.7. The molecule has 0 aliphatic carbocycles. The standard InChI is InChI=1S/C40H71BrO4/c1-3-5-7-9-11-13-15-16-17-19-21-23-25-27-32-44-39-34-37(36-45-40(42)29-28-30-41)33-38(35-39)43-31-26-24-22-20-18-14-12-10-8-6-4-2/h33-35H,3-32,36H2,1-2H3. The van der Waals surface area contributed by atoms with Crippen molar-refractivity contribution in [2.45, 2.75) is 194 Å². The van der Waals surface area contributed by atoms with Crippen LogP contribution in [-0.4, -0.2) is 24.5 Å². The molecule has 5 heteroatoms. The Morgan fingerprint density at radius 2 is 0.867 bits per heavy atom. The third kappa shape index (κ3) is 27.6. The molecule has 1 aromatic rings. The number of rotatable bonds is 34. The minimum atomic E-state index is -0.161. The highest BCUT2D eigenvalue weighted by molar-refractivity contribution is 9.09. The molecule has 1 aromatic carbocycles. The number of ether oxygens (including phenoxy) is 3. The van der Waals surface area contributed by atoms with E-state index in [0.717, 1.165) is 41.7 Å². The van der Waals surface area contributed by atoms with Crippen LogP contribution in [0.2, 0.25) is 0 Å². The Bertz CT molecular complexity index is 784. The van der Waals surface area contributed by atoms with E-state index in [1.807, 2.05) is 18.2 Å². The van der Waals surface area contributed by atoms with Gasteiger partial charge < -0.3 is 14.2 Å². The SMILES string of the molecule is CCCCCCCCCCCCCCCCOc1cc(COC(=O)CCCBr)cc(OCCCCCCCCCCCCC)c1. The van der Waals surface area contributed by atoms with Crippen molar-refractivity contribution < 1.29 is 19.0 Å². The Balaban J connectivity index is 2.28. The average molecular weight is 696 g/mol. The Morgan fingerprint density at radius 1 is 0.511 bits per heavy atom. The van der Waals surface area contributed by atoms with E-state index in [-0.39, 0.29) is 12.6 Å². The Morgan fingerprint density at radius 3 is 1.22 bits per heavy atom. The van der Waals surface area contributed by atoms with E-state index in [9.17, 15) is 4.79 Å². The van der Waals surface area contributed by atoms with Crippen LogP contribution in [0.3, 0.4) is 0 Å². The number of halogens is 1. The molecule has 0 aliphatic heterocycles. The normalized spacial score (nSPS) is 11.2. The van der Waals surface area contributed by atoms with Gasteiger partial charge >= 0.3 is 5.97 Å². The van der Waals surface area contributed by atoms with Crippen molar-refractivity contribution in [1.29, 1.82) is 0 Å². The summed E-state index contributed by atoms with van der Waals surface area (Å²) in [7, 11) is 0. The molecule has 0 saturated carbocycles. The van der Waals surface area contributed by atoms with Gasteiger partial charge in [0.1, 0.15) is 18.1 Å². The van der Waals surface area contributed by atoms with Crippen LogP contribution in [-0.2, 0) is 16.1 Å². The molecule has 0 fully saturated rings. The third-order valence-corrected chi connectivity index (χ3v) is 9.20. The van der Waals surface area contributed by atoms with Gasteiger partial charge in [0.05, 0.1) is 13.2 Å². The summed E-state index contributed by atoms with van der Waals surface area (Å²) in [5.41, 5.74) is 0.926. The Hall–Kier alpha value is -1.23. The van der Waals surface area contributed by atoms with Gasteiger partial charge in [-0.3, -0.25) is 4.79 Å². The molecule has 0 aliphatic rings. The summed E-state index contributed by atoms with van der Waals surface area (Å²) in [6.07, 6.45) is 34.7. The van der Waals surface area contributed by atoms with Crippen molar-refractivity contribution in [3.8, 4) is 11.5 Å². The fraction of sp³-hybridized carbons (Fsp3) is 0.825. The second kappa shape index (κ2) is 32.7. The summed E-state index contributed by atoms with van der Waals surface area (Å²) >= 11 is 3.38. The average Bonchev–Trinajstić information content (AvgIpc) is 3.05. The Labute approximate surface area is 287 Å². The monoisotopic (exact) mass is 694 g/mol. The molecule has 0 radical (unpaired) electrons. The van der Waals surface area contributed by atoms with Gasteiger partial charge in [0.2, 0.25) is 0 Å². The smallest absolute Gasteiger partial charge is 0.306 e. The van der Waals surface area contributed by atoms with E-state index in [1.165, 1.54) is 148 Å². The predicted molar refractivity (Wildman–Crippen MR) is 197 cm³/mol. The van der Waals surface area contributed by atoms with Gasteiger partial charge in [0, 0.05) is 17.8 Å². The predicted octanol–water partition coefficient (Wildman–Crippen LogP) is 13.5. The molecule has 0 bridgehead atoms. The number of benzene rings is 1. The molecule has 0 N–H and O–H groups in total. The van der Waals surface area contributed by atoms with Gasteiger partial charge in [-0.05, 0) is 37.0 Å². The number of alkyl halides is 1. The Kier molecular flexibility index (Phi) is 30.4. The van der Waals surface area contributed by atoms with Crippen LogP contribution < -0.4 is 9.47 Å². The van der Waals surface area contributed by atoms with Crippen molar-refractivity contribution in [3.05, 3.63) is 23.8 Å². The molecule has 0 atom stereocenters. The summed E-state index contributed by atoms with van der Waals surface area (Å²) in [4.78, 5) is 12.1. The topological polar surface area (TPSA) is 44.8 Å². The lowest BCUT2D eigenvalue weighted by Gasteiger charge is -2.13. The van der Waals surface area contributed by atoms with Crippen molar-refractivity contribution in [1.82, 2.24) is 0 Å². The quantitative estimate of drug-likeness (QED) is 0.0409. The molecular weight excluding hydrogens is 624 g/mol. The van der Waals surface area contributed by atoms with Crippen molar-refractivity contribution in [2.24, 2.45) is 0 Å². The summed E-state index contributed by atoms with van der Waals surface area (Å²) in [5.74, 6) is 1.46. The maximum atomic E-state index is 12.1. The first-order valence-corrected chi connectivity index (χ1v) is 20.4. The largest absolute Gasteiger partial charge is 0.493 e. The molecule has 0 spiro atoms. The second-order valence-electron chi connectivity index (χ2n) is 13.1. The van der Waals surface area contributed by atoms with Crippen LogP contribution in [0, 0.1) is 0 Å². The van der Waals surface area contributed by atoms with Crippen LogP contribution in [0.1, 0.15) is 193 Å². The lowest BCUT2D eigenvalue weighted by atomic mass is 10.0. The number of esters is 1. The number of carbonyl (C=O) groups is 1. The van der Waals surface area contributed by atoms with Gasteiger partial charge in [-0.2, -0.15) is 0 Å². The van der Waals surface area contributed by atoms with E-state index in [4.69, 9.17) is 14.2 Å². The van der Waals surface area contributed by atoms with Gasteiger partial charge in [0.25, 0.3) is 0 Å². The lowest BCUT2D eigenvalue weighted by Crippen LogP contribution is -2.06. The van der Waals surface area contributed by atoms with Crippen molar-refractivity contribution in [3.63, 3.8) is 0 Å². The molecule has 4 nitrogen and oxygen atoms in total. The second-order valence-corrected chi connectivity index (χ2v) is 13.9. The molecule has 0 aromatic heterocycles. The van der Waals surface area contributed by atoms with E-state index >= 15 is 0 Å². The van der Waals surface area contributed by atoms with Crippen LogP contribution in [0.4, 0.5) is 0 Å². The lowest BCUT2D eigenvalue weighted by molar-refractivity contribution is -0.144. The highest BCUT2D eigenvalue weighted by atomic mass is 79.9. The van der Waals surface area contributed by atoms with Crippen LogP contribution in [0.25, 0.3) is 0 Å². The number of hydrogen-bond donors (Lipinski definition) is 0. The van der Waals surface area contributed by atoms with Gasteiger partial charge in [-0.15, -0.1) is 0 Å². The molecule has 45 heavy (non-hydrogen) atoms. The van der Waals surface area contributed by atoms with Gasteiger partial charge in [0.15, 0.2) is 0 Å². The first-order chi connectivity index (χ1) is 22.2. The summed E-state index contributed by atoms with van der Waals surface area (Å²) in [6, 6.07) is 5.99. The van der Waals surface area contributed by atoms with Gasteiger partial charge in [-0.1, -0.05) is 177 Å². The zero-order chi connectivity index (χ0) is 32.5. The fourth-order valence-electron chi connectivity index (χ4n) is 5.77. The molecule has 0 heterocycles. The number of carbonyl (C=O) groups excluding carboxylic acids is 1.